The van der Waals surface area contributed by atoms with Crippen molar-refractivity contribution < 1.29 is 9.90 Å². The maximum absolute atomic E-state index is 11.9. The zero-order valence-electron chi connectivity index (χ0n) is 11.3. The lowest BCUT2D eigenvalue weighted by molar-refractivity contribution is -0.126. The Kier molecular flexibility index (Phi) is 5.40. The van der Waals surface area contributed by atoms with E-state index in [9.17, 15) is 9.90 Å². The number of benzene rings is 1. The molecular formula is C16H23NO2. The molecule has 1 amide bonds. The first-order valence-corrected chi connectivity index (χ1v) is 7.25. The van der Waals surface area contributed by atoms with E-state index >= 15 is 0 Å². The molecule has 0 unspecified atom stereocenters. The fourth-order valence-electron chi connectivity index (χ4n) is 2.69. The Morgan fingerprint density at radius 2 is 1.89 bits per heavy atom. The van der Waals surface area contributed by atoms with E-state index < -0.39 is 6.10 Å². The molecule has 1 aromatic carbocycles. The highest BCUT2D eigenvalue weighted by Gasteiger charge is 2.21. The summed E-state index contributed by atoms with van der Waals surface area (Å²) in [5.41, 5.74) is 1.10. The molecule has 1 atom stereocenters. The maximum Gasteiger partial charge on any atom is 0.223 e. The average molecular weight is 261 g/mol. The quantitative estimate of drug-likeness (QED) is 0.854. The van der Waals surface area contributed by atoms with Gasteiger partial charge in [-0.3, -0.25) is 4.79 Å². The summed E-state index contributed by atoms with van der Waals surface area (Å²) in [5.74, 6) is 0.282. The first-order valence-electron chi connectivity index (χ1n) is 7.25. The first kappa shape index (κ1) is 14.1. The SMILES string of the molecule is O=C(NC[C@H](O)Cc1ccccc1)C1CCCCC1. The van der Waals surface area contributed by atoms with Gasteiger partial charge in [0.05, 0.1) is 6.10 Å². The Balaban J connectivity index is 1.71. The molecule has 19 heavy (non-hydrogen) atoms. The standard InChI is InChI=1S/C16H23NO2/c18-15(11-13-7-3-1-4-8-13)12-17-16(19)14-9-5-2-6-10-14/h1,3-4,7-8,14-15,18H,2,5-6,9-12H2,(H,17,19)/t15-/m1/s1. The highest BCUT2D eigenvalue weighted by molar-refractivity contribution is 5.78. The van der Waals surface area contributed by atoms with Crippen LogP contribution in [0.1, 0.15) is 37.7 Å². The van der Waals surface area contributed by atoms with Gasteiger partial charge >= 0.3 is 0 Å². The molecule has 0 spiro atoms. The number of carbonyl (C=O) groups excluding carboxylic acids is 1. The average Bonchev–Trinajstić information content (AvgIpc) is 2.47. The number of aliphatic hydroxyl groups is 1. The number of hydrogen-bond acceptors (Lipinski definition) is 2. The van der Waals surface area contributed by atoms with Crippen LogP contribution in [0.5, 0.6) is 0 Å². The number of rotatable bonds is 5. The summed E-state index contributed by atoms with van der Waals surface area (Å²) in [5, 5.41) is 12.8. The second-order valence-electron chi connectivity index (χ2n) is 5.42. The van der Waals surface area contributed by atoms with Crippen molar-refractivity contribution in [1.29, 1.82) is 0 Å². The zero-order valence-corrected chi connectivity index (χ0v) is 11.3. The van der Waals surface area contributed by atoms with Crippen molar-refractivity contribution in [3.8, 4) is 0 Å². The minimum absolute atomic E-state index is 0.117. The number of hydrogen-bond donors (Lipinski definition) is 2. The Bertz CT molecular complexity index is 385. The molecule has 0 aromatic heterocycles. The van der Waals surface area contributed by atoms with Crippen molar-refractivity contribution >= 4 is 5.91 Å². The molecule has 0 radical (unpaired) electrons. The van der Waals surface area contributed by atoms with E-state index in [0.717, 1.165) is 31.2 Å². The highest BCUT2D eigenvalue weighted by atomic mass is 16.3. The van der Waals surface area contributed by atoms with Crippen molar-refractivity contribution in [3.63, 3.8) is 0 Å². The fourth-order valence-corrected chi connectivity index (χ4v) is 2.69. The molecule has 1 aliphatic carbocycles. The molecule has 3 heteroatoms. The Morgan fingerprint density at radius 3 is 2.58 bits per heavy atom. The monoisotopic (exact) mass is 261 g/mol. The summed E-state index contributed by atoms with van der Waals surface area (Å²) < 4.78 is 0. The molecular weight excluding hydrogens is 238 g/mol. The predicted molar refractivity (Wildman–Crippen MR) is 75.7 cm³/mol. The molecule has 1 aliphatic rings. The minimum Gasteiger partial charge on any atom is -0.391 e. The molecule has 0 bridgehead atoms. The topological polar surface area (TPSA) is 49.3 Å². The van der Waals surface area contributed by atoms with Crippen LogP contribution in [0.25, 0.3) is 0 Å². The number of carbonyl (C=O) groups is 1. The van der Waals surface area contributed by atoms with Crippen LogP contribution in [-0.2, 0) is 11.2 Å². The second kappa shape index (κ2) is 7.29. The summed E-state index contributed by atoms with van der Waals surface area (Å²) in [4.78, 5) is 11.9. The van der Waals surface area contributed by atoms with E-state index in [1.54, 1.807) is 0 Å². The highest BCUT2D eigenvalue weighted by Crippen LogP contribution is 2.23. The summed E-state index contributed by atoms with van der Waals surface area (Å²) >= 11 is 0. The molecule has 1 fully saturated rings. The van der Waals surface area contributed by atoms with Crippen LogP contribution in [0.2, 0.25) is 0 Å². The lowest BCUT2D eigenvalue weighted by Gasteiger charge is -2.21. The molecule has 1 aromatic rings. The number of nitrogens with one attached hydrogen (secondary N) is 1. The predicted octanol–water partition coefficient (Wildman–Crippen LogP) is 2.29. The van der Waals surface area contributed by atoms with E-state index in [1.165, 1.54) is 6.42 Å². The van der Waals surface area contributed by atoms with Crippen molar-refractivity contribution in [2.24, 2.45) is 5.92 Å². The van der Waals surface area contributed by atoms with Crippen LogP contribution in [0.4, 0.5) is 0 Å². The minimum atomic E-state index is -0.505. The lowest BCUT2D eigenvalue weighted by atomic mass is 9.88. The van der Waals surface area contributed by atoms with E-state index in [-0.39, 0.29) is 11.8 Å². The molecule has 0 aliphatic heterocycles. The molecule has 1 saturated carbocycles. The molecule has 0 heterocycles. The van der Waals surface area contributed by atoms with Gasteiger partial charge in [-0.2, -0.15) is 0 Å². The molecule has 0 saturated heterocycles. The van der Waals surface area contributed by atoms with Crippen molar-refractivity contribution in [2.45, 2.75) is 44.6 Å². The van der Waals surface area contributed by atoms with Crippen molar-refractivity contribution in [1.82, 2.24) is 5.32 Å². The Hall–Kier alpha value is -1.35. The van der Waals surface area contributed by atoms with Crippen LogP contribution in [0.15, 0.2) is 30.3 Å². The van der Waals surface area contributed by atoms with Crippen molar-refractivity contribution in [3.05, 3.63) is 35.9 Å². The van der Waals surface area contributed by atoms with Gasteiger partial charge in [0, 0.05) is 18.9 Å². The third-order valence-corrected chi connectivity index (χ3v) is 3.80. The molecule has 3 nitrogen and oxygen atoms in total. The molecule has 2 rings (SSSR count). The normalized spacial score (nSPS) is 17.9. The van der Waals surface area contributed by atoms with Crippen LogP contribution in [-0.4, -0.2) is 23.7 Å². The molecule has 104 valence electrons. The summed E-state index contributed by atoms with van der Waals surface area (Å²) in [7, 11) is 0. The maximum atomic E-state index is 11.9. The summed E-state index contributed by atoms with van der Waals surface area (Å²) in [6.07, 6.45) is 5.65. The van der Waals surface area contributed by atoms with Crippen LogP contribution in [0, 0.1) is 5.92 Å². The van der Waals surface area contributed by atoms with E-state index in [1.807, 2.05) is 30.3 Å². The largest absolute Gasteiger partial charge is 0.391 e. The van der Waals surface area contributed by atoms with Crippen LogP contribution < -0.4 is 5.32 Å². The second-order valence-corrected chi connectivity index (χ2v) is 5.42. The smallest absolute Gasteiger partial charge is 0.223 e. The van der Waals surface area contributed by atoms with E-state index in [2.05, 4.69) is 5.32 Å². The van der Waals surface area contributed by atoms with Gasteiger partial charge in [0.25, 0.3) is 0 Å². The lowest BCUT2D eigenvalue weighted by Crippen LogP contribution is -2.37. The summed E-state index contributed by atoms with van der Waals surface area (Å²) in [6.45, 7) is 0.351. The first-order chi connectivity index (χ1) is 9.25. The fraction of sp³-hybridized carbons (Fsp3) is 0.562. The van der Waals surface area contributed by atoms with Crippen molar-refractivity contribution in [2.75, 3.05) is 6.54 Å². The van der Waals surface area contributed by atoms with Gasteiger partial charge in [0.2, 0.25) is 5.91 Å². The van der Waals surface area contributed by atoms with Gasteiger partial charge in [0.15, 0.2) is 0 Å². The van der Waals surface area contributed by atoms with Crippen LogP contribution in [0.3, 0.4) is 0 Å². The van der Waals surface area contributed by atoms with Gasteiger partial charge in [-0.1, -0.05) is 49.6 Å². The van der Waals surface area contributed by atoms with E-state index in [4.69, 9.17) is 0 Å². The van der Waals surface area contributed by atoms with Gasteiger partial charge in [0.1, 0.15) is 0 Å². The third kappa shape index (κ3) is 4.67. The van der Waals surface area contributed by atoms with Gasteiger partial charge in [-0.05, 0) is 18.4 Å². The Labute approximate surface area is 115 Å². The van der Waals surface area contributed by atoms with Gasteiger partial charge in [-0.15, -0.1) is 0 Å². The number of aliphatic hydroxyl groups excluding tert-OH is 1. The van der Waals surface area contributed by atoms with Gasteiger partial charge < -0.3 is 10.4 Å². The van der Waals surface area contributed by atoms with E-state index in [0.29, 0.717) is 13.0 Å². The third-order valence-electron chi connectivity index (χ3n) is 3.80. The molecule has 2 N–H and O–H groups in total. The van der Waals surface area contributed by atoms with Crippen LogP contribution >= 0.6 is 0 Å². The van der Waals surface area contributed by atoms with Gasteiger partial charge in [-0.25, -0.2) is 0 Å². The Morgan fingerprint density at radius 1 is 1.21 bits per heavy atom. The number of amides is 1. The zero-order chi connectivity index (χ0) is 13.5. The summed E-state index contributed by atoms with van der Waals surface area (Å²) in [6, 6.07) is 9.87.